The van der Waals surface area contributed by atoms with Crippen LogP contribution in [0.15, 0.2) is 4.99 Å². The number of amides is 1. The molecule has 0 aromatic carbocycles. The van der Waals surface area contributed by atoms with Crippen LogP contribution in [0.5, 0.6) is 0 Å². The van der Waals surface area contributed by atoms with E-state index in [1.165, 1.54) is 23.4 Å². The van der Waals surface area contributed by atoms with Gasteiger partial charge in [0.1, 0.15) is 0 Å². The smallest absolute Gasteiger partial charge is 0.251 e. The van der Waals surface area contributed by atoms with E-state index in [1.807, 2.05) is 0 Å². The highest BCUT2D eigenvalue weighted by Crippen LogP contribution is 2.23. The number of carbonyl (C=O) groups is 1. The van der Waals surface area contributed by atoms with Gasteiger partial charge in [0, 0.05) is 30.1 Å². The van der Waals surface area contributed by atoms with Crippen molar-refractivity contribution in [2.24, 2.45) is 10.9 Å². The zero-order chi connectivity index (χ0) is 15.2. The average Bonchev–Trinajstić information content (AvgIpc) is 2.68. The molecule has 0 unspecified atom stereocenters. The Bertz CT molecular complexity index is 537. The van der Waals surface area contributed by atoms with Crippen molar-refractivity contribution in [2.45, 2.75) is 58.9 Å². The largest absolute Gasteiger partial charge is 0.383 e. The fraction of sp³-hybridized carbons (Fsp3) is 0.750. The lowest BCUT2D eigenvalue weighted by atomic mass is 10.00. The van der Waals surface area contributed by atoms with Crippen LogP contribution in [0.3, 0.4) is 0 Å². The number of nitrogens with zero attached hydrogens (tertiary/aromatic N) is 2. The minimum atomic E-state index is 0.0734. The molecule has 1 aliphatic carbocycles. The summed E-state index contributed by atoms with van der Waals surface area (Å²) in [6.07, 6.45) is 6.85. The molecule has 0 aliphatic heterocycles. The van der Waals surface area contributed by atoms with Crippen LogP contribution in [-0.4, -0.2) is 24.2 Å². The molecular weight excluding hydrogens is 284 g/mol. The Labute approximate surface area is 130 Å². The Morgan fingerprint density at radius 1 is 1.29 bits per heavy atom. The quantitative estimate of drug-likeness (QED) is 0.802. The summed E-state index contributed by atoms with van der Waals surface area (Å²) in [5.41, 5.74) is 1.18. The lowest BCUT2D eigenvalue weighted by Gasteiger charge is -2.09. The molecule has 1 aliphatic rings. The molecular formula is C16H26N2O2S. The first kappa shape index (κ1) is 16.4. The van der Waals surface area contributed by atoms with Gasteiger partial charge in [-0.1, -0.05) is 25.7 Å². The summed E-state index contributed by atoms with van der Waals surface area (Å²) >= 11 is 1.61. The van der Waals surface area contributed by atoms with Gasteiger partial charge in [0.2, 0.25) is 0 Å². The van der Waals surface area contributed by atoms with Gasteiger partial charge in [0.25, 0.3) is 5.91 Å². The van der Waals surface area contributed by atoms with Crippen LogP contribution in [-0.2, 0) is 16.1 Å². The summed E-state index contributed by atoms with van der Waals surface area (Å²) in [7, 11) is 1.70. The molecule has 1 aromatic rings. The van der Waals surface area contributed by atoms with E-state index in [4.69, 9.17) is 4.74 Å². The van der Waals surface area contributed by atoms with E-state index in [9.17, 15) is 4.79 Å². The Kier molecular flexibility index (Phi) is 6.18. The van der Waals surface area contributed by atoms with Gasteiger partial charge in [-0.3, -0.25) is 4.79 Å². The van der Waals surface area contributed by atoms with Gasteiger partial charge in [-0.2, -0.15) is 4.99 Å². The molecule has 0 saturated heterocycles. The standard InChI is InChI=1S/C16H26N2O2S/c1-12-13(2)21-16(18(12)10-11-20-3)17-15(19)14-8-6-4-5-7-9-14/h14H,4-11H2,1-3H3. The van der Waals surface area contributed by atoms with Crippen molar-refractivity contribution in [1.29, 1.82) is 0 Å². The lowest BCUT2D eigenvalue weighted by molar-refractivity contribution is -0.122. The molecule has 1 fully saturated rings. The van der Waals surface area contributed by atoms with Gasteiger partial charge in [-0.05, 0) is 26.7 Å². The van der Waals surface area contributed by atoms with Gasteiger partial charge in [-0.15, -0.1) is 11.3 Å². The molecule has 118 valence electrons. The van der Waals surface area contributed by atoms with Crippen molar-refractivity contribution in [3.05, 3.63) is 15.4 Å². The monoisotopic (exact) mass is 310 g/mol. The van der Waals surface area contributed by atoms with Crippen LogP contribution >= 0.6 is 11.3 Å². The zero-order valence-electron chi connectivity index (χ0n) is 13.4. The van der Waals surface area contributed by atoms with Crippen LogP contribution < -0.4 is 4.80 Å². The molecule has 1 amide bonds. The first-order valence-corrected chi connectivity index (χ1v) is 8.69. The molecule has 21 heavy (non-hydrogen) atoms. The molecule has 0 N–H and O–H groups in total. The van der Waals surface area contributed by atoms with Gasteiger partial charge in [0.15, 0.2) is 4.80 Å². The highest BCUT2D eigenvalue weighted by atomic mass is 32.1. The van der Waals surface area contributed by atoms with Crippen LogP contribution in [0.4, 0.5) is 0 Å². The number of thiazole rings is 1. The van der Waals surface area contributed by atoms with Crippen molar-refractivity contribution in [3.8, 4) is 0 Å². The second-order valence-corrected chi connectivity index (χ2v) is 6.99. The van der Waals surface area contributed by atoms with Crippen LogP contribution in [0.2, 0.25) is 0 Å². The molecule has 0 atom stereocenters. The topological polar surface area (TPSA) is 43.6 Å². The van der Waals surface area contributed by atoms with Gasteiger partial charge in [-0.25, -0.2) is 0 Å². The number of aryl methyl sites for hydroxylation is 1. The summed E-state index contributed by atoms with van der Waals surface area (Å²) in [4.78, 5) is 19.0. The zero-order valence-corrected chi connectivity index (χ0v) is 14.2. The summed E-state index contributed by atoms with van der Waals surface area (Å²) in [6.45, 7) is 5.56. The van der Waals surface area contributed by atoms with E-state index in [2.05, 4.69) is 23.4 Å². The summed E-state index contributed by atoms with van der Waals surface area (Å²) in [6, 6.07) is 0. The summed E-state index contributed by atoms with van der Waals surface area (Å²) < 4.78 is 7.27. The van der Waals surface area contributed by atoms with Crippen molar-refractivity contribution < 1.29 is 9.53 Å². The number of carbonyl (C=O) groups excluding carboxylic acids is 1. The van der Waals surface area contributed by atoms with Gasteiger partial charge >= 0.3 is 0 Å². The number of hydrogen-bond donors (Lipinski definition) is 0. The van der Waals surface area contributed by atoms with E-state index < -0.39 is 0 Å². The minimum Gasteiger partial charge on any atom is -0.383 e. The number of rotatable bonds is 4. The third kappa shape index (κ3) is 4.27. The maximum Gasteiger partial charge on any atom is 0.251 e. The fourth-order valence-corrected chi connectivity index (χ4v) is 3.85. The van der Waals surface area contributed by atoms with Crippen LogP contribution in [0, 0.1) is 19.8 Å². The van der Waals surface area contributed by atoms with Crippen molar-refractivity contribution in [2.75, 3.05) is 13.7 Å². The second-order valence-electron chi connectivity index (χ2n) is 5.81. The van der Waals surface area contributed by atoms with Crippen LogP contribution in [0.25, 0.3) is 0 Å². The third-order valence-electron chi connectivity index (χ3n) is 4.32. The maximum atomic E-state index is 12.5. The first-order chi connectivity index (χ1) is 10.1. The molecule has 5 heteroatoms. The van der Waals surface area contributed by atoms with Crippen molar-refractivity contribution in [1.82, 2.24) is 4.57 Å². The maximum absolute atomic E-state index is 12.5. The summed E-state index contributed by atoms with van der Waals surface area (Å²) in [5.74, 6) is 0.204. The van der Waals surface area contributed by atoms with Gasteiger partial charge < -0.3 is 9.30 Å². The molecule has 4 nitrogen and oxygen atoms in total. The van der Waals surface area contributed by atoms with E-state index >= 15 is 0 Å². The van der Waals surface area contributed by atoms with E-state index in [0.717, 1.165) is 37.0 Å². The second kappa shape index (κ2) is 7.90. The predicted octanol–water partition coefficient (Wildman–Crippen LogP) is 3.21. The summed E-state index contributed by atoms with van der Waals surface area (Å²) in [5, 5.41) is 0. The third-order valence-corrected chi connectivity index (χ3v) is 5.41. The molecule has 0 bridgehead atoms. The molecule has 0 radical (unpaired) electrons. The normalized spacial score (nSPS) is 18.0. The molecule has 1 aromatic heterocycles. The average molecular weight is 310 g/mol. The highest BCUT2D eigenvalue weighted by Gasteiger charge is 2.20. The lowest BCUT2D eigenvalue weighted by Crippen LogP contribution is -2.22. The highest BCUT2D eigenvalue weighted by molar-refractivity contribution is 7.09. The van der Waals surface area contributed by atoms with E-state index in [0.29, 0.717) is 6.61 Å². The van der Waals surface area contributed by atoms with Crippen molar-refractivity contribution >= 4 is 17.2 Å². The number of methoxy groups -OCH3 is 1. The molecule has 2 rings (SSSR count). The van der Waals surface area contributed by atoms with Crippen molar-refractivity contribution in [3.63, 3.8) is 0 Å². The van der Waals surface area contributed by atoms with Gasteiger partial charge in [0.05, 0.1) is 6.61 Å². The van der Waals surface area contributed by atoms with Crippen LogP contribution in [0.1, 0.15) is 49.1 Å². The van der Waals surface area contributed by atoms with E-state index in [1.54, 1.807) is 18.4 Å². The Balaban J connectivity index is 2.22. The fourth-order valence-electron chi connectivity index (χ4n) is 2.84. The molecule has 1 saturated carbocycles. The first-order valence-electron chi connectivity index (χ1n) is 7.88. The molecule has 0 spiro atoms. The Hall–Kier alpha value is -0.940. The van der Waals surface area contributed by atoms with E-state index in [-0.39, 0.29) is 11.8 Å². The Morgan fingerprint density at radius 3 is 2.57 bits per heavy atom. The molecule has 1 heterocycles. The SMILES string of the molecule is COCCn1c(C)c(C)sc1=NC(=O)C1CCCCCC1. The predicted molar refractivity (Wildman–Crippen MR) is 85.4 cm³/mol. The number of ether oxygens (including phenoxy) is 1. The number of hydrogen-bond acceptors (Lipinski definition) is 3. The minimum absolute atomic E-state index is 0.0734. The Morgan fingerprint density at radius 2 is 1.95 bits per heavy atom. The number of aromatic nitrogens is 1.